The first-order valence-corrected chi connectivity index (χ1v) is 9.17. The summed E-state index contributed by atoms with van der Waals surface area (Å²) >= 11 is 0. The molecule has 0 spiro atoms. The molecule has 0 bridgehead atoms. The van der Waals surface area contributed by atoms with Gasteiger partial charge in [0.05, 0.1) is 0 Å². The van der Waals surface area contributed by atoms with E-state index in [4.69, 9.17) is 0 Å². The monoisotopic (exact) mass is 244 g/mol. The maximum Gasteiger partial charge on any atom is 0.111 e. The molecule has 0 saturated heterocycles. The largest absolute Gasteiger partial charge is 0.111 e. The van der Waals surface area contributed by atoms with Gasteiger partial charge in [0, 0.05) is 0 Å². The lowest BCUT2D eigenvalue weighted by Gasteiger charge is -2.24. The number of allylic oxidation sites excluding steroid dienone is 3. The lowest BCUT2D eigenvalue weighted by atomic mass is 9.96. The second kappa shape index (κ2) is 5.05. The highest BCUT2D eigenvalue weighted by Gasteiger charge is 2.25. The molecule has 0 aliphatic rings. The Morgan fingerprint density at radius 1 is 1.12 bits per heavy atom. The molecular weight excluding hydrogens is 220 g/mol. The first-order valence-electron chi connectivity index (χ1n) is 6.17. The second-order valence-electron chi connectivity index (χ2n) is 6.22. The Bertz CT molecular complexity index is 405. The predicted octanol–water partition coefficient (Wildman–Crippen LogP) is 4.30. The quantitative estimate of drug-likeness (QED) is 0.549. The Balaban J connectivity index is 2.92. The number of benzene rings is 1. The molecule has 17 heavy (non-hydrogen) atoms. The lowest BCUT2D eigenvalue weighted by Crippen LogP contribution is -2.42. The second-order valence-corrected chi connectivity index (χ2v) is 10.7. The molecule has 0 aliphatic carbocycles. The van der Waals surface area contributed by atoms with E-state index in [0.717, 1.165) is 0 Å². The van der Waals surface area contributed by atoms with Crippen molar-refractivity contribution in [2.45, 2.75) is 33.9 Å². The van der Waals surface area contributed by atoms with Gasteiger partial charge in [0.15, 0.2) is 0 Å². The molecule has 0 radical (unpaired) electrons. The minimum absolute atomic E-state index is 0.226. The minimum atomic E-state index is -1.56. The first-order chi connectivity index (χ1) is 7.73. The standard InChI is InChI=1S/C16H24Si/c1-14(12-13-16(2,3)4)17(5,6)15-10-8-7-9-11-15/h7-13H,1H2,2-6H3/b13-12-. The van der Waals surface area contributed by atoms with Gasteiger partial charge in [-0.15, -0.1) is 0 Å². The zero-order valence-corrected chi connectivity index (χ0v) is 12.7. The van der Waals surface area contributed by atoms with E-state index in [2.05, 4.69) is 82.9 Å². The average Bonchev–Trinajstić information content (AvgIpc) is 2.26. The summed E-state index contributed by atoms with van der Waals surface area (Å²) < 4.78 is 0. The Labute approximate surface area is 107 Å². The van der Waals surface area contributed by atoms with Gasteiger partial charge in [-0.1, -0.05) is 93.3 Å². The molecule has 1 aromatic rings. The molecule has 1 aromatic carbocycles. The van der Waals surface area contributed by atoms with Crippen molar-refractivity contribution in [1.29, 1.82) is 0 Å². The van der Waals surface area contributed by atoms with E-state index < -0.39 is 8.07 Å². The van der Waals surface area contributed by atoms with Gasteiger partial charge in [-0.25, -0.2) is 0 Å². The molecule has 0 atom stereocenters. The number of hydrogen-bond acceptors (Lipinski definition) is 0. The third-order valence-corrected chi connectivity index (χ3v) is 6.63. The Kier molecular flexibility index (Phi) is 4.15. The van der Waals surface area contributed by atoms with Crippen LogP contribution in [0.25, 0.3) is 0 Å². The van der Waals surface area contributed by atoms with E-state index >= 15 is 0 Å². The van der Waals surface area contributed by atoms with Crippen LogP contribution in [-0.2, 0) is 0 Å². The summed E-state index contributed by atoms with van der Waals surface area (Å²) in [5, 5.41) is 2.74. The van der Waals surface area contributed by atoms with Crippen molar-refractivity contribution in [2.24, 2.45) is 5.41 Å². The summed E-state index contributed by atoms with van der Waals surface area (Å²) in [7, 11) is -1.56. The zero-order valence-electron chi connectivity index (χ0n) is 11.7. The highest BCUT2D eigenvalue weighted by atomic mass is 28.3. The highest BCUT2D eigenvalue weighted by molar-refractivity contribution is 6.96. The fourth-order valence-corrected chi connectivity index (χ4v) is 3.50. The number of rotatable bonds is 3. The van der Waals surface area contributed by atoms with Crippen molar-refractivity contribution in [2.75, 3.05) is 0 Å². The summed E-state index contributed by atoms with van der Waals surface area (Å²) in [6.07, 6.45) is 4.48. The minimum Gasteiger partial charge on any atom is -0.0994 e. The zero-order chi connectivity index (χ0) is 13.1. The molecule has 1 heteroatoms. The average molecular weight is 244 g/mol. The SMILES string of the molecule is C=C(/C=C\C(C)(C)C)[Si](C)(C)c1ccccc1. The van der Waals surface area contributed by atoms with Gasteiger partial charge >= 0.3 is 0 Å². The van der Waals surface area contributed by atoms with Crippen LogP contribution in [-0.4, -0.2) is 8.07 Å². The molecule has 0 N–H and O–H groups in total. The van der Waals surface area contributed by atoms with Crippen molar-refractivity contribution in [3.05, 3.63) is 54.3 Å². The molecule has 0 heterocycles. The van der Waals surface area contributed by atoms with Gasteiger partial charge in [-0.2, -0.15) is 0 Å². The van der Waals surface area contributed by atoms with Crippen molar-refractivity contribution < 1.29 is 0 Å². The molecular formula is C16H24Si. The molecule has 0 nitrogen and oxygen atoms in total. The molecule has 0 fully saturated rings. The smallest absolute Gasteiger partial charge is 0.0994 e. The fourth-order valence-electron chi connectivity index (χ4n) is 1.60. The van der Waals surface area contributed by atoms with Crippen molar-refractivity contribution >= 4 is 13.3 Å². The van der Waals surface area contributed by atoms with Crippen LogP contribution in [0.3, 0.4) is 0 Å². The van der Waals surface area contributed by atoms with Crippen LogP contribution in [0.1, 0.15) is 20.8 Å². The Morgan fingerprint density at radius 2 is 1.65 bits per heavy atom. The van der Waals surface area contributed by atoms with Crippen LogP contribution in [0, 0.1) is 5.41 Å². The van der Waals surface area contributed by atoms with Gasteiger partial charge < -0.3 is 0 Å². The van der Waals surface area contributed by atoms with Crippen LogP contribution in [0.15, 0.2) is 54.3 Å². The lowest BCUT2D eigenvalue weighted by molar-refractivity contribution is 0.544. The molecule has 0 amide bonds. The van der Waals surface area contributed by atoms with Crippen molar-refractivity contribution in [1.82, 2.24) is 0 Å². The molecule has 0 aromatic heterocycles. The highest BCUT2D eigenvalue weighted by Crippen LogP contribution is 2.20. The van der Waals surface area contributed by atoms with E-state index in [1.807, 2.05) is 0 Å². The summed E-state index contributed by atoms with van der Waals surface area (Å²) in [6.45, 7) is 15.6. The third-order valence-electron chi connectivity index (χ3n) is 3.08. The van der Waals surface area contributed by atoms with Crippen LogP contribution in [0.5, 0.6) is 0 Å². The van der Waals surface area contributed by atoms with Gasteiger partial charge in [0.25, 0.3) is 0 Å². The van der Waals surface area contributed by atoms with E-state index in [0.29, 0.717) is 0 Å². The summed E-state index contributed by atoms with van der Waals surface area (Å²) in [4.78, 5) is 0. The molecule has 0 saturated carbocycles. The normalized spacial score (nSPS) is 13.0. The van der Waals surface area contributed by atoms with Crippen molar-refractivity contribution in [3.63, 3.8) is 0 Å². The van der Waals surface area contributed by atoms with Gasteiger partial charge in [-0.3, -0.25) is 0 Å². The van der Waals surface area contributed by atoms with Crippen LogP contribution < -0.4 is 5.19 Å². The van der Waals surface area contributed by atoms with E-state index in [1.165, 1.54) is 10.4 Å². The van der Waals surface area contributed by atoms with Crippen molar-refractivity contribution in [3.8, 4) is 0 Å². The summed E-state index contributed by atoms with van der Waals surface area (Å²) in [5.74, 6) is 0. The maximum absolute atomic E-state index is 4.28. The van der Waals surface area contributed by atoms with E-state index in [-0.39, 0.29) is 5.41 Å². The van der Waals surface area contributed by atoms with Crippen LogP contribution in [0.2, 0.25) is 13.1 Å². The summed E-state index contributed by atoms with van der Waals surface area (Å²) in [6, 6.07) is 10.8. The topological polar surface area (TPSA) is 0 Å². The van der Waals surface area contributed by atoms with Gasteiger partial charge in [0.1, 0.15) is 8.07 Å². The molecule has 0 aliphatic heterocycles. The van der Waals surface area contributed by atoms with E-state index in [9.17, 15) is 0 Å². The molecule has 1 rings (SSSR count). The Hall–Kier alpha value is -1.08. The van der Waals surface area contributed by atoms with Gasteiger partial charge in [0.2, 0.25) is 0 Å². The molecule has 92 valence electrons. The third kappa shape index (κ3) is 4.01. The fraction of sp³-hybridized carbons (Fsp3) is 0.375. The van der Waals surface area contributed by atoms with Crippen LogP contribution in [0.4, 0.5) is 0 Å². The van der Waals surface area contributed by atoms with Gasteiger partial charge in [-0.05, 0) is 5.41 Å². The first kappa shape index (κ1) is 14.0. The van der Waals surface area contributed by atoms with Crippen LogP contribution >= 0.6 is 0 Å². The number of hydrogen-bond donors (Lipinski definition) is 0. The predicted molar refractivity (Wildman–Crippen MR) is 81.3 cm³/mol. The van der Waals surface area contributed by atoms with E-state index in [1.54, 1.807) is 0 Å². The maximum atomic E-state index is 4.28. The summed E-state index contributed by atoms with van der Waals surface area (Å²) in [5.41, 5.74) is 0.226. The Morgan fingerprint density at radius 3 is 2.12 bits per heavy atom. The molecule has 0 unspecified atom stereocenters.